The molecule has 0 heterocycles. The van der Waals surface area contributed by atoms with Crippen molar-refractivity contribution in [3.8, 4) is 0 Å². The number of amides is 1. The van der Waals surface area contributed by atoms with Gasteiger partial charge >= 0.3 is 0 Å². The standard InChI is InChI=1S/C17H24Cl2N2O3S2/c1-25-10-9-15(17(22)20-13-5-3-2-4-6-13)21-26(23,24)16-11-12(18)7-8-14(16)19/h7-8,11,13,15,21H,2-6,9-10H2,1H3,(H,20,22)/t15-/m1/s1. The average molecular weight is 439 g/mol. The topological polar surface area (TPSA) is 75.3 Å². The second-order valence-electron chi connectivity index (χ2n) is 6.37. The van der Waals surface area contributed by atoms with E-state index >= 15 is 0 Å². The lowest BCUT2D eigenvalue weighted by Crippen LogP contribution is -2.50. The minimum Gasteiger partial charge on any atom is -0.352 e. The summed E-state index contributed by atoms with van der Waals surface area (Å²) in [6.07, 6.45) is 7.55. The highest BCUT2D eigenvalue weighted by atomic mass is 35.5. The summed E-state index contributed by atoms with van der Waals surface area (Å²) < 4.78 is 28.0. The molecule has 2 N–H and O–H groups in total. The van der Waals surface area contributed by atoms with E-state index in [0.717, 1.165) is 25.7 Å². The summed E-state index contributed by atoms with van der Waals surface area (Å²) in [5, 5.41) is 3.33. The number of carbonyl (C=O) groups is 1. The van der Waals surface area contributed by atoms with Gasteiger partial charge in [0.25, 0.3) is 0 Å². The zero-order valence-electron chi connectivity index (χ0n) is 14.6. The van der Waals surface area contributed by atoms with Gasteiger partial charge in [-0.3, -0.25) is 4.79 Å². The second kappa shape index (κ2) is 10.2. The van der Waals surface area contributed by atoms with Crippen molar-refractivity contribution in [1.29, 1.82) is 0 Å². The minimum atomic E-state index is -3.97. The van der Waals surface area contributed by atoms with E-state index in [-0.39, 0.29) is 26.9 Å². The number of sulfonamides is 1. The second-order valence-corrected chi connectivity index (χ2v) is 9.89. The Morgan fingerprint density at radius 2 is 1.96 bits per heavy atom. The molecule has 146 valence electrons. The monoisotopic (exact) mass is 438 g/mol. The molecule has 0 radical (unpaired) electrons. The number of carbonyl (C=O) groups excluding carboxylic acids is 1. The molecule has 0 aliphatic heterocycles. The Bertz CT molecular complexity index is 723. The molecule has 1 aliphatic carbocycles. The third-order valence-electron chi connectivity index (χ3n) is 4.36. The van der Waals surface area contributed by atoms with Gasteiger partial charge in [-0.1, -0.05) is 42.5 Å². The Balaban J connectivity index is 2.14. The van der Waals surface area contributed by atoms with E-state index in [1.54, 1.807) is 11.8 Å². The van der Waals surface area contributed by atoms with E-state index in [2.05, 4.69) is 10.0 Å². The van der Waals surface area contributed by atoms with Crippen LogP contribution in [-0.2, 0) is 14.8 Å². The zero-order valence-corrected chi connectivity index (χ0v) is 17.8. The maximum atomic E-state index is 12.7. The highest BCUT2D eigenvalue weighted by Crippen LogP contribution is 2.25. The molecule has 1 aromatic rings. The van der Waals surface area contributed by atoms with Gasteiger partial charge in [-0.05, 0) is 49.5 Å². The molecule has 1 fully saturated rings. The van der Waals surface area contributed by atoms with Crippen LogP contribution in [0.3, 0.4) is 0 Å². The fourth-order valence-corrected chi connectivity index (χ4v) is 5.43. The van der Waals surface area contributed by atoms with Gasteiger partial charge in [0.1, 0.15) is 10.9 Å². The van der Waals surface area contributed by atoms with Crippen molar-refractivity contribution in [1.82, 2.24) is 10.0 Å². The maximum Gasteiger partial charge on any atom is 0.242 e. The zero-order chi connectivity index (χ0) is 19.2. The molecule has 1 atom stereocenters. The largest absolute Gasteiger partial charge is 0.352 e. The first-order valence-electron chi connectivity index (χ1n) is 8.60. The third kappa shape index (κ3) is 6.30. The Labute approximate surface area is 169 Å². The van der Waals surface area contributed by atoms with Crippen LogP contribution in [0.4, 0.5) is 0 Å². The predicted molar refractivity (Wildman–Crippen MR) is 109 cm³/mol. The summed E-state index contributed by atoms with van der Waals surface area (Å²) in [6.45, 7) is 0. The molecule has 2 rings (SSSR count). The number of nitrogens with one attached hydrogen (secondary N) is 2. The van der Waals surface area contributed by atoms with Crippen LogP contribution in [0.15, 0.2) is 23.1 Å². The van der Waals surface area contributed by atoms with Crippen LogP contribution in [0.2, 0.25) is 10.0 Å². The minimum absolute atomic E-state index is 0.0678. The SMILES string of the molecule is CSCC[C@@H](NS(=O)(=O)c1cc(Cl)ccc1Cl)C(=O)NC1CCCCC1. The van der Waals surface area contributed by atoms with Crippen molar-refractivity contribution in [2.45, 2.75) is 55.5 Å². The molecule has 0 saturated heterocycles. The third-order valence-corrected chi connectivity index (χ3v) is 7.19. The summed E-state index contributed by atoms with van der Waals surface area (Å²) in [4.78, 5) is 12.6. The quantitative estimate of drug-likeness (QED) is 0.646. The molecule has 26 heavy (non-hydrogen) atoms. The first kappa shape index (κ1) is 21.8. The Morgan fingerprint density at radius 1 is 1.27 bits per heavy atom. The predicted octanol–water partition coefficient (Wildman–Crippen LogP) is 3.84. The molecular weight excluding hydrogens is 415 g/mol. The fraction of sp³-hybridized carbons (Fsp3) is 0.588. The lowest BCUT2D eigenvalue weighted by Gasteiger charge is -2.26. The van der Waals surface area contributed by atoms with Gasteiger partial charge in [0.2, 0.25) is 15.9 Å². The fourth-order valence-electron chi connectivity index (χ4n) is 2.96. The lowest BCUT2D eigenvalue weighted by molar-refractivity contribution is -0.123. The van der Waals surface area contributed by atoms with Crippen molar-refractivity contribution in [2.75, 3.05) is 12.0 Å². The van der Waals surface area contributed by atoms with Crippen molar-refractivity contribution >= 4 is 50.9 Å². The molecule has 0 aromatic heterocycles. The highest BCUT2D eigenvalue weighted by molar-refractivity contribution is 7.98. The number of hydrogen-bond acceptors (Lipinski definition) is 4. The van der Waals surface area contributed by atoms with Gasteiger partial charge in [-0.25, -0.2) is 8.42 Å². The summed E-state index contributed by atoms with van der Waals surface area (Å²) in [7, 11) is -3.97. The van der Waals surface area contributed by atoms with Gasteiger partial charge in [0, 0.05) is 11.1 Å². The summed E-state index contributed by atoms with van der Waals surface area (Å²) in [6, 6.07) is 3.51. The van der Waals surface area contributed by atoms with Crippen LogP contribution >= 0.6 is 35.0 Å². The molecule has 1 aliphatic rings. The van der Waals surface area contributed by atoms with Crippen molar-refractivity contribution in [3.05, 3.63) is 28.2 Å². The van der Waals surface area contributed by atoms with Crippen LogP contribution in [0.1, 0.15) is 38.5 Å². The van der Waals surface area contributed by atoms with Crippen molar-refractivity contribution in [3.63, 3.8) is 0 Å². The average Bonchev–Trinajstić information content (AvgIpc) is 2.61. The van der Waals surface area contributed by atoms with Crippen LogP contribution < -0.4 is 10.0 Å². The number of rotatable bonds is 8. The number of hydrogen-bond donors (Lipinski definition) is 2. The number of benzene rings is 1. The number of halogens is 2. The van der Waals surface area contributed by atoms with Crippen molar-refractivity contribution in [2.24, 2.45) is 0 Å². The smallest absolute Gasteiger partial charge is 0.242 e. The molecule has 1 saturated carbocycles. The molecular formula is C17H24Cl2N2O3S2. The molecule has 9 heteroatoms. The molecule has 5 nitrogen and oxygen atoms in total. The lowest BCUT2D eigenvalue weighted by atomic mass is 9.95. The molecule has 0 spiro atoms. The highest BCUT2D eigenvalue weighted by Gasteiger charge is 2.28. The van der Waals surface area contributed by atoms with E-state index < -0.39 is 16.1 Å². The summed E-state index contributed by atoms with van der Waals surface area (Å²) >= 11 is 13.5. The van der Waals surface area contributed by atoms with Crippen LogP contribution in [0.25, 0.3) is 0 Å². The number of thioether (sulfide) groups is 1. The molecule has 0 bridgehead atoms. The first-order valence-corrected chi connectivity index (χ1v) is 12.2. The van der Waals surface area contributed by atoms with Crippen LogP contribution in [0.5, 0.6) is 0 Å². The van der Waals surface area contributed by atoms with E-state index in [0.29, 0.717) is 12.2 Å². The Morgan fingerprint density at radius 3 is 2.62 bits per heavy atom. The maximum absolute atomic E-state index is 12.7. The summed E-state index contributed by atoms with van der Waals surface area (Å²) in [5.74, 6) is 0.377. The molecule has 0 unspecified atom stereocenters. The van der Waals surface area contributed by atoms with E-state index in [9.17, 15) is 13.2 Å². The summed E-state index contributed by atoms with van der Waals surface area (Å²) in [5.41, 5.74) is 0. The van der Waals surface area contributed by atoms with E-state index in [1.807, 2.05) is 6.26 Å². The molecule has 1 aromatic carbocycles. The normalized spacial score (nSPS) is 17.0. The van der Waals surface area contributed by atoms with Gasteiger partial charge < -0.3 is 5.32 Å². The van der Waals surface area contributed by atoms with E-state index in [1.165, 1.54) is 24.6 Å². The van der Waals surface area contributed by atoms with Gasteiger partial charge in [0.05, 0.1) is 5.02 Å². The van der Waals surface area contributed by atoms with Gasteiger partial charge in [-0.15, -0.1) is 0 Å². The molecule has 1 amide bonds. The van der Waals surface area contributed by atoms with Crippen molar-refractivity contribution < 1.29 is 13.2 Å². The van der Waals surface area contributed by atoms with E-state index in [4.69, 9.17) is 23.2 Å². The Kier molecular flexibility index (Phi) is 8.54. The Hall–Kier alpha value is -0.470. The van der Waals surface area contributed by atoms with Crippen LogP contribution in [-0.4, -0.2) is 38.4 Å². The van der Waals surface area contributed by atoms with Gasteiger partial charge in [-0.2, -0.15) is 16.5 Å². The van der Waals surface area contributed by atoms with Crippen LogP contribution in [0, 0.1) is 0 Å². The van der Waals surface area contributed by atoms with Gasteiger partial charge in [0.15, 0.2) is 0 Å². The first-order chi connectivity index (χ1) is 12.3.